The molecule has 7 heteroatoms. The fourth-order valence-corrected chi connectivity index (χ4v) is 2.86. The van der Waals surface area contributed by atoms with Gasteiger partial charge in [-0.05, 0) is 19.1 Å². The molecule has 1 fully saturated rings. The molecule has 0 radical (unpaired) electrons. The minimum Gasteiger partial charge on any atom is -0.391 e. The van der Waals surface area contributed by atoms with Crippen LogP contribution in [0.15, 0.2) is 29.1 Å². The molecule has 2 unspecified atom stereocenters. The van der Waals surface area contributed by atoms with Gasteiger partial charge in [0.25, 0.3) is 5.91 Å². The molecule has 3 rings (SSSR count). The number of rotatable bonds is 4. The summed E-state index contributed by atoms with van der Waals surface area (Å²) in [5.74, 6) is -0.546. The second-order valence-corrected chi connectivity index (χ2v) is 5.71. The second kappa shape index (κ2) is 6.47. The molecule has 0 saturated carbocycles. The van der Waals surface area contributed by atoms with Gasteiger partial charge in [-0.25, -0.2) is 0 Å². The van der Waals surface area contributed by atoms with E-state index < -0.39 is 12.0 Å². The van der Waals surface area contributed by atoms with Crippen molar-refractivity contribution < 1.29 is 9.90 Å². The maximum absolute atomic E-state index is 12.5. The van der Waals surface area contributed by atoms with Gasteiger partial charge in [0.2, 0.25) is 5.43 Å². The van der Waals surface area contributed by atoms with Crippen LogP contribution in [0, 0.1) is 5.92 Å². The Hall–Kier alpha value is -2.25. The number of aliphatic hydroxyl groups is 1. The van der Waals surface area contributed by atoms with E-state index in [9.17, 15) is 14.7 Å². The topological polar surface area (TPSA) is 96.2 Å². The van der Waals surface area contributed by atoms with Crippen molar-refractivity contribution in [3.8, 4) is 0 Å². The van der Waals surface area contributed by atoms with Crippen LogP contribution in [0.1, 0.15) is 17.4 Å². The fourth-order valence-electron chi connectivity index (χ4n) is 2.86. The van der Waals surface area contributed by atoms with Crippen molar-refractivity contribution in [1.82, 2.24) is 20.4 Å². The van der Waals surface area contributed by atoms with Gasteiger partial charge in [-0.2, -0.15) is 5.10 Å². The predicted octanol–water partition coefficient (Wildman–Crippen LogP) is -0.273. The van der Waals surface area contributed by atoms with Crippen molar-refractivity contribution in [2.24, 2.45) is 5.92 Å². The number of fused-ring (bicyclic) bond motifs is 1. The molecule has 0 aliphatic carbocycles. The Morgan fingerprint density at radius 3 is 2.91 bits per heavy atom. The molecule has 2 aromatic rings. The molecule has 1 aliphatic heterocycles. The van der Waals surface area contributed by atoms with E-state index in [1.54, 1.807) is 16.8 Å². The van der Waals surface area contributed by atoms with Crippen molar-refractivity contribution in [2.75, 3.05) is 19.6 Å². The van der Waals surface area contributed by atoms with Crippen LogP contribution in [0.2, 0.25) is 0 Å². The molecule has 1 saturated heterocycles. The molecule has 2 heterocycles. The monoisotopic (exact) mass is 316 g/mol. The van der Waals surface area contributed by atoms with Crippen molar-refractivity contribution >= 4 is 16.8 Å². The molecular weight excluding hydrogens is 296 g/mol. The van der Waals surface area contributed by atoms with Crippen LogP contribution in [-0.4, -0.2) is 46.5 Å². The molecule has 122 valence electrons. The van der Waals surface area contributed by atoms with Crippen molar-refractivity contribution in [3.05, 3.63) is 40.2 Å². The van der Waals surface area contributed by atoms with Gasteiger partial charge in [0.1, 0.15) is 0 Å². The fraction of sp³-hybridized carbons (Fsp3) is 0.438. The minimum absolute atomic E-state index is 0.0483. The summed E-state index contributed by atoms with van der Waals surface area (Å²) in [6, 6.07) is 7.12. The van der Waals surface area contributed by atoms with Gasteiger partial charge in [0, 0.05) is 37.5 Å². The van der Waals surface area contributed by atoms with Crippen molar-refractivity contribution in [1.29, 1.82) is 0 Å². The van der Waals surface area contributed by atoms with Gasteiger partial charge in [-0.1, -0.05) is 12.1 Å². The summed E-state index contributed by atoms with van der Waals surface area (Å²) in [6.07, 6.45) is -0.479. The summed E-state index contributed by atoms with van der Waals surface area (Å²) in [4.78, 5) is 24.9. The van der Waals surface area contributed by atoms with Crippen LogP contribution in [-0.2, 0) is 6.54 Å². The molecule has 0 bridgehead atoms. The van der Waals surface area contributed by atoms with Gasteiger partial charge in [0.05, 0.1) is 11.6 Å². The summed E-state index contributed by atoms with van der Waals surface area (Å²) >= 11 is 0. The highest BCUT2D eigenvalue weighted by Crippen LogP contribution is 2.10. The SMILES string of the molecule is CCn1nc(C(=O)NCC2CNCC2O)c(=O)c2ccccc21. The van der Waals surface area contributed by atoms with Crippen LogP contribution in [0.3, 0.4) is 0 Å². The number of hydrogen-bond donors (Lipinski definition) is 3. The van der Waals surface area contributed by atoms with Crippen LogP contribution in [0.25, 0.3) is 10.9 Å². The Kier molecular flexibility index (Phi) is 4.40. The van der Waals surface area contributed by atoms with E-state index in [2.05, 4.69) is 15.7 Å². The Bertz CT molecular complexity index is 786. The Morgan fingerprint density at radius 1 is 1.43 bits per heavy atom. The van der Waals surface area contributed by atoms with Crippen LogP contribution in [0.5, 0.6) is 0 Å². The lowest BCUT2D eigenvalue weighted by Crippen LogP contribution is -2.37. The Morgan fingerprint density at radius 2 is 2.22 bits per heavy atom. The quantitative estimate of drug-likeness (QED) is 0.721. The van der Waals surface area contributed by atoms with Crippen LogP contribution < -0.4 is 16.1 Å². The van der Waals surface area contributed by atoms with Crippen LogP contribution in [0.4, 0.5) is 0 Å². The number of nitrogens with zero attached hydrogens (tertiary/aromatic N) is 2. The standard InChI is InChI=1S/C16H20N4O3/c1-2-20-12-6-4-3-5-11(12)15(22)14(19-20)16(23)18-8-10-7-17-9-13(10)21/h3-6,10,13,17,21H,2,7-9H2,1H3,(H,18,23). The Labute approximate surface area is 133 Å². The minimum atomic E-state index is -0.498. The average molecular weight is 316 g/mol. The highest BCUT2D eigenvalue weighted by atomic mass is 16.3. The maximum atomic E-state index is 12.5. The number of benzene rings is 1. The van der Waals surface area contributed by atoms with E-state index in [-0.39, 0.29) is 17.0 Å². The Balaban J connectivity index is 1.88. The largest absolute Gasteiger partial charge is 0.391 e. The van der Waals surface area contributed by atoms with E-state index in [0.717, 1.165) is 0 Å². The van der Waals surface area contributed by atoms with Crippen molar-refractivity contribution in [3.63, 3.8) is 0 Å². The lowest BCUT2D eigenvalue weighted by Gasteiger charge is -2.14. The summed E-state index contributed by atoms with van der Waals surface area (Å²) in [5.41, 5.74) is 0.242. The molecule has 3 N–H and O–H groups in total. The summed E-state index contributed by atoms with van der Waals surface area (Å²) in [5, 5.41) is 20.2. The second-order valence-electron chi connectivity index (χ2n) is 5.71. The van der Waals surface area contributed by atoms with Crippen molar-refractivity contribution in [2.45, 2.75) is 19.6 Å². The average Bonchev–Trinajstić information content (AvgIpc) is 2.98. The van der Waals surface area contributed by atoms with Gasteiger partial charge >= 0.3 is 0 Å². The molecule has 0 spiro atoms. The number of aromatic nitrogens is 2. The van der Waals surface area contributed by atoms with Gasteiger partial charge in [-0.3, -0.25) is 14.3 Å². The summed E-state index contributed by atoms with van der Waals surface area (Å²) < 4.78 is 1.65. The lowest BCUT2D eigenvalue weighted by molar-refractivity contribution is 0.0919. The van der Waals surface area contributed by atoms with E-state index in [1.165, 1.54) is 0 Å². The van der Waals surface area contributed by atoms with E-state index in [1.807, 2.05) is 19.1 Å². The van der Waals surface area contributed by atoms with E-state index >= 15 is 0 Å². The van der Waals surface area contributed by atoms with Gasteiger partial charge < -0.3 is 15.7 Å². The number of aliphatic hydroxyl groups excluding tert-OH is 1. The number of carbonyl (C=O) groups excluding carboxylic acids is 1. The molecule has 23 heavy (non-hydrogen) atoms. The molecule has 2 atom stereocenters. The maximum Gasteiger partial charge on any atom is 0.275 e. The third kappa shape index (κ3) is 2.97. The first kappa shape index (κ1) is 15.6. The molecule has 1 amide bonds. The number of amides is 1. The van der Waals surface area contributed by atoms with Gasteiger partial charge in [-0.15, -0.1) is 0 Å². The van der Waals surface area contributed by atoms with E-state index in [0.29, 0.717) is 37.1 Å². The zero-order chi connectivity index (χ0) is 16.4. The molecule has 1 aliphatic rings. The highest BCUT2D eigenvalue weighted by Gasteiger charge is 2.26. The molecule has 1 aromatic heterocycles. The highest BCUT2D eigenvalue weighted by molar-refractivity contribution is 5.95. The summed E-state index contributed by atoms with van der Waals surface area (Å²) in [6.45, 7) is 3.95. The molecule has 7 nitrogen and oxygen atoms in total. The number of carbonyl (C=O) groups is 1. The number of β-amino-alcohol motifs (C(OH)–C–C–N with tert-alkyl or cyclic N) is 1. The predicted molar refractivity (Wildman–Crippen MR) is 86.4 cm³/mol. The summed E-state index contributed by atoms with van der Waals surface area (Å²) in [7, 11) is 0. The molecular formula is C16H20N4O3. The number of nitrogens with one attached hydrogen (secondary N) is 2. The van der Waals surface area contributed by atoms with Crippen LogP contribution >= 0.6 is 0 Å². The first-order valence-electron chi connectivity index (χ1n) is 7.78. The lowest BCUT2D eigenvalue weighted by atomic mass is 10.1. The molecule has 1 aromatic carbocycles. The van der Waals surface area contributed by atoms with Gasteiger partial charge in [0.15, 0.2) is 5.69 Å². The number of hydrogen-bond acceptors (Lipinski definition) is 5. The smallest absolute Gasteiger partial charge is 0.275 e. The zero-order valence-corrected chi connectivity index (χ0v) is 13.0. The number of aryl methyl sites for hydroxylation is 1. The third-order valence-corrected chi connectivity index (χ3v) is 4.21. The zero-order valence-electron chi connectivity index (χ0n) is 13.0. The number of para-hydroxylation sites is 1. The first-order valence-corrected chi connectivity index (χ1v) is 7.78. The normalized spacial score (nSPS) is 20.8. The first-order chi connectivity index (χ1) is 11.1. The van der Waals surface area contributed by atoms with E-state index in [4.69, 9.17) is 0 Å². The third-order valence-electron chi connectivity index (χ3n) is 4.21.